The second-order valence-corrected chi connectivity index (χ2v) is 1.60. The summed E-state index contributed by atoms with van der Waals surface area (Å²) in [6.45, 7) is 3.31. The van der Waals surface area contributed by atoms with Gasteiger partial charge in [0, 0.05) is 0 Å². The van der Waals surface area contributed by atoms with Gasteiger partial charge in [-0.2, -0.15) is 4.99 Å². The van der Waals surface area contributed by atoms with Gasteiger partial charge in [-0.15, -0.1) is 6.58 Å². The summed E-state index contributed by atoms with van der Waals surface area (Å²) in [5.74, 6) is -1.14. The van der Waals surface area contributed by atoms with Crippen LogP contribution in [0.1, 0.15) is 6.42 Å². The summed E-state index contributed by atoms with van der Waals surface area (Å²) >= 11 is 0. The second kappa shape index (κ2) is 4.47. The molecule has 0 aromatic rings. The molecule has 0 saturated carbocycles. The van der Waals surface area contributed by atoms with Crippen LogP contribution in [0.25, 0.3) is 0 Å². The Balaban J connectivity index is 4.10. The Morgan fingerprint density at radius 1 is 1.90 bits per heavy atom. The number of aliphatic carboxylic acids is 1. The zero-order chi connectivity index (χ0) is 7.98. The number of carboxylic acids is 1. The molecule has 0 aromatic carbocycles. The van der Waals surface area contributed by atoms with E-state index >= 15 is 0 Å². The average Bonchev–Trinajstić information content (AvgIpc) is 1.87. The van der Waals surface area contributed by atoms with Crippen LogP contribution in [0.15, 0.2) is 17.6 Å². The molecule has 0 aliphatic heterocycles. The Labute approximate surface area is 57.9 Å². The van der Waals surface area contributed by atoms with Gasteiger partial charge < -0.3 is 5.11 Å². The molecule has 1 N–H and O–H groups in total. The molecule has 0 rings (SSSR count). The van der Waals surface area contributed by atoms with E-state index in [2.05, 4.69) is 11.6 Å². The number of isocyanates is 1. The van der Waals surface area contributed by atoms with Crippen molar-refractivity contribution in [1.82, 2.24) is 0 Å². The highest BCUT2D eigenvalue weighted by Crippen LogP contribution is 1.96. The molecule has 1 unspecified atom stereocenters. The maximum atomic E-state index is 10.2. The number of carbonyl (C=O) groups is 1. The van der Waals surface area contributed by atoms with Crippen LogP contribution >= 0.6 is 0 Å². The lowest BCUT2D eigenvalue weighted by Gasteiger charge is -1.97. The van der Waals surface area contributed by atoms with Crippen LogP contribution in [-0.2, 0) is 9.59 Å². The molecule has 0 saturated heterocycles. The molecular weight excluding hydrogens is 134 g/mol. The molecule has 0 bridgehead atoms. The highest BCUT2D eigenvalue weighted by molar-refractivity contribution is 5.74. The van der Waals surface area contributed by atoms with E-state index in [0.717, 1.165) is 0 Å². The number of carboxylic acid groups (broad SMARTS) is 1. The maximum Gasteiger partial charge on any atom is 0.329 e. The summed E-state index contributed by atoms with van der Waals surface area (Å²) in [5, 5.41) is 8.32. The largest absolute Gasteiger partial charge is 0.480 e. The van der Waals surface area contributed by atoms with Gasteiger partial charge in [0.15, 0.2) is 6.04 Å². The van der Waals surface area contributed by atoms with Crippen LogP contribution < -0.4 is 0 Å². The topological polar surface area (TPSA) is 66.7 Å². The van der Waals surface area contributed by atoms with E-state index < -0.39 is 12.0 Å². The Morgan fingerprint density at radius 2 is 2.50 bits per heavy atom. The Morgan fingerprint density at radius 3 is 2.80 bits per heavy atom. The fourth-order valence-electron chi connectivity index (χ4n) is 0.430. The first-order valence-electron chi connectivity index (χ1n) is 2.63. The monoisotopic (exact) mass is 141 g/mol. The molecule has 0 spiro atoms. The molecule has 54 valence electrons. The van der Waals surface area contributed by atoms with Crippen LogP contribution in [0, 0.1) is 0 Å². The normalized spacial score (nSPS) is 11.2. The molecule has 4 nitrogen and oxygen atoms in total. The standard InChI is InChI=1S/C6H7NO3/c1-2-3-5(6(9)10)7-4-8/h2,5H,1,3H2,(H,9,10). The first-order valence-corrected chi connectivity index (χ1v) is 2.63. The van der Waals surface area contributed by atoms with Crippen LogP contribution in [0.3, 0.4) is 0 Å². The lowest BCUT2D eigenvalue weighted by Crippen LogP contribution is -2.16. The molecule has 0 amide bonds. The minimum Gasteiger partial charge on any atom is -0.480 e. The molecule has 0 aromatic heterocycles. The lowest BCUT2D eigenvalue weighted by molar-refractivity contribution is -0.138. The smallest absolute Gasteiger partial charge is 0.329 e. The van der Waals surface area contributed by atoms with Gasteiger partial charge in [0.2, 0.25) is 6.08 Å². The summed E-state index contributed by atoms with van der Waals surface area (Å²) in [4.78, 5) is 22.8. The number of rotatable bonds is 4. The Hall–Kier alpha value is -1.41. The summed E-state index contributed by atoms with van der Waals surface area (Å²) in [5.41, 5.74) is 0. The molecule has 4 heteroatoms. The van der Waals surface area contributed by atoms with Crippen LogP contribution in [0.5, 0.6) is 0 Å². The quantitative estimate of drug-likeness (QED) is 0.349. The molecule has 0 aliphatic carbocycles. The second-order valence-electron chi connectivity index (χ2n) is 1.60. The minimum atomic E-state index is -1.14. The van der Waals surface area contributed by atoms with E-state index in [0.29, 0.717) is 0 Å². The van der Waals surface area contributed by atoms with E-state index in [9.17, 15) is 9.59 Å². The van der Waals surface area contributed by atoms with Crippen molar-refractivity contribution in [3.8, 4) is 0 Å². The van der Waals surface area contributed by atoms with Gasteiger partial charge in [-0.05, 0) is 6.42 Å². The SMILES string of the molecule is C=CCC(N=C=O)C(=O)O. The predicted octanol–water partition coefficient (Wildman–Crippen LogP) is 0.351. The van der Waals surface area contributed by atoms with Crippen molar-refractivity contribution in [2.45, 2.75) is 12.5 Å². The molecule has 0 fully saturated rings. The third kappa shape index (κ3) is 2.79. The predicted molar refractivity (Wildman–Crippen MR) is 34.4 cm³/mol. The summed E-state index contributed by atoms with van der Waals surface area (Å²) in [7, 11) is 0. The van der Waals surface area contributed by atoms with Gasteiger partial charge in [0.1, 0.15) is 0 Å². The van der Waals surface area contributed by atoms with Crippen LogP contribution in [0.2, 0.25) is 0 Å². The van der Waals surface area contributed by atoms with Crippen molar-refractivity contribution < 1.29 is 14.7 Å². The Kier molecular flexibility index (Phi) is 3.84. The fraction of sp³-hybridized carbons (Fsp3) is 0.333. The number of carbonyl (C=O) groups excluding carboxylic acids is 1. The van der Waals surface area contributed by atoms with Crippen molar-refractivity contribution in [3.63, 3.8) is 0 Å². The number of nitrogens with zero attached hydrogens (tertiary/aromatic N) is 1. The fourth-order valence-corrected chi connectivity index (χ4v) is 0.430. The van der Waals surface area contributed by atoms with Crippen molar-refractivity contribution in [2.24, 2.45) is 4.99 Å². The van der Waals surface area contributed by atoms with Gasteiger partial charge >= 0.3 is 5.97 Å². The van der Waals surface area contributed by atoms with Crippen LogP contribution in [0.4, 0.5) is 0 Å². The number of aliphatic imine (C=N–C) groups is 1. The first kappa shape index (κ1) is 8.59. The molecular formula is C6H7NO3. The van der Waals surface area contributed by atoms with Crippen molar-refractivity contribution in [3.05, 3.63) is 12.7 Å². The van der Waals surface area contributed by atoms with E-state index in [4.69, 9.17) is 5.11 Å². The third-order valence-corrected chi connectivity index (χ3v) is 0.884. The maximum absolute atomic E-state index is 10.2. The molecule has 1 atom stereocenters. The van der Waals surface area contributed by atoms with Gasteiger partial charge in [0.25, 0.3) is 0 Å². The first-order chi connectivity index (χ1) is 4.72. The van der Waals surface area contributed by atoms with E-state index in [-0.39, 0.29) is 6.42 Å². The number of hydrogen-bond donors (Lipinski definition) is 1. The zero-order valence-electron chi connectivity index (χ0n) is 5.28. The van der Waals surface area contributed by atoms with Crippen molar-refractivity contribution in [2.75, 3.05) is 0 Å². The van der Waals surface area contributed by atoms with Crippen molar-refractivity contribution in [1.29, 1.82) is 0 Å². The lowest BCUT2D eigenvalue weighted by atomic mass is 10.2. The van der Waals surface area contributed by atoms with E-state index in [1.54, 1.807) is 0 Å². The van der Waals surface area contributed by atoms with E-state index in [1.165, 1.54) is 12.2 Å². The molecule has 0 heterocycles. The zero-order valence-corrected chi connectivity index (χ0v) is 5.28. The summed E-state index contributed by atoms with van der Waals surface area (Å²) in [6.07, 6.45) is 2.73. The average molecular weight is 141 g/mol. The molecule has 0 radical (unpaired) electrons. The molecule has 0 aliphatic rings. The molecule has 10 heavy (non-hydrogen) atoms. The van der Waals surface area contributed by atoms with Gasteiger partial charge in [-0.1, -0.05) is 6.08 Å². The summed E-state index contributed by atoms with van der Waals surface area (Å²) in [6, 6.07) is -1.02. The minimum absolute atomic E-state index is 0.157. The third-order valence-electron chi connectivity index (χ3n) is 0.884. The van der Waals surface area contributed by atoms with Gasteiger partial charge in [-0.25, -0.2) is 9.59 Å². The van der Waals surface area contributed by atoms with Crippen molar-refractivity contribution >= 4 is 12.0 Å². The van der Waals surface area contributed by atoms with Gasteiger partial charge in [-0.3, -0.25) is 0 Å². The van der Waals surface area contributed by atoms with Gasteiger partial charge in [0.05, 0.1) is 0 Å². The van der Waals surface area contributed by atoms with E-state index in [1.807, 2.05) is 0 Å². The highest BCUT2D eigenvalue weighted by Gasteiger charge is 2.12. The number of hydrogen-bond acceptors (Lipinski definition) is 3. The van der Waals surface area contributed by atoms with Crippen LogP contribution in [-0.4, -0.2) is 23.2 Å². The summed E-state index contributed by atoms with van der Waals surface area (Å²) < 4.78 is 0. The highest BCUT2D eigenvalue weighted by atomic mass is 16.4. The Bertz CT molecular complexity index is 179.